The third-order valence-electron chi connectivity index (χ3n) is 2.43. The van der Waals surface area contributed by atoms with Crippen molar-refractivity contribution in [3.63, 3.8) is 0 Å². The Labute approximate surface area is 115 Å². The Morgan fingerprint density at radius 1 is 1.32 bits per heavy atom. The summed E-state index contributed by atoms with van der Waals surface area (Å²) in [5.74, 6) is 0.213. The highest BCUT2D eigenvalue weighted by atomic mass is 16.5. The van der Waals surface area contributed by atoms with Crippen molar-refractivity contribution < 1.29 is 19.4 Å². The largest absolute Gasteiger partial charge is 0.389 e. The molecule has 114 valence electrons. The molecule has 4 N–H and O–H groups in total. The van der Waals surface area contributed by atoms with Gasteiger partial charge in [-0.25, -0.2) is 0 Å². The van der Waals surface area contributed by atoms with Crippen LogP contribution in [0, 0.1) is 5.92 Å². The van der Waals surface area contributed by atoms with E-state index in [1.165, 1.54) is 0 Å². The van der Waals surface area contributed by atoms with Gasteiger partial charge in [0, 0.05) is 19.7 Å². The van der Waals surface area contributed by atoms with Gasteiger partial charge >= 0.3 is 0 Å². The number of rotatable bonds is 13. The van der Waals surface area contributed by atoms with Crippen LogP contribution in [0.3, 0.4) is 0 Å². The molecule has 0 aromatic rings. The van der Waals surface area contributed by atoms with Crippen LogP contribution < -0.4 is 11.1 Å². The SMILES string of the molecule is CC(C)CCCOCC(O)CNCCOCC(N)=O. The molecule has 0 aliphatic rings. The monoisotopic (exact) mass is 276 g/mol. The molecule has 0 aliphatic heterocycles. The summed E-state index contributed by atoms with van der Waals surface area (Å²) in [4.78, 5) is 10.4. The van der Waals surface area contributed by atoms with Crippen LogP contribution in [0.5, 0.6) is 0 Å². The summed E-state index contributed by atoms with van der Waals surface area (Å²) in [6.07, 6.45) is 1.65. The summed E-state index contributed by atoms with van der Waals surface area (Å²) in [6.45, 7) is 6.73. The van der Waals surface area contributed by atoms with Crippen LogP contribution in [0.4, 0.5) is 0 Å². The van der Waals surface area contributed by atoms with Gasteiger partial charge in [0.1, 0.15) is 6.61 Å². The molecule has 0 aromatic carbocycles. The first-order valence-corrected chi connectivity index (χ1v) is 6.85. The molecule has 0 radical (unpaired) electrons. The van der Waals surface area contributed by atoms with Crippen LogP contribution in [0.1, 0.15) is 26.7 Å². The summed E-state index contributed by atoms with van der Waals surface area (Å²) < 4.78 is 10.3. The predicted molar refractivity (Wildman–Crippen MR) is 73.8 cm³/mol. The van der Waals surface area contributed by atoms with Crippen molar-refractivity contribution in [1.82, 2.24) is 5.32 Å². The molecule has 1 atom stereocenters. The van der Waals surface area contributed by atoms with E-state index in [2.05, 4.69) is 19.2 Å². The highest BCUT2D eigenvalue weighted by Crippen LogP contribution is 2.03. The number of hydrogen-bond acceptors (Lipinski definition) is 5. The van der Waals surface area contributed by atoms with E-state index in [4.69, 9.17) is 15.2 Å². The number of nitrogens with one attached hydrogen (secondary N) is 1. The Kier molecular flexibility index (Phi) is 11.9. The smallest absolute Gasteiger partial charge is 0.243 e. The average Bonchev–Trinajstić information content (AvgIpc) is 2.32. The van der Waals surface area contributed by atoms with Crippen LogP contribution in [0.15, 0.2) is 0 Å². The molecule has 19 heavy (non-hydrogen) atoms. The molecule has 1 amide bonds. The first kappa shape index (κ1) is 18.3. The maximum Gasteiger partial charge on any atom is 0.243 e. The first-order chi connectivity index (χ1) is 9.02. The van der Waals surface area contributed by atoms with Crippen molar-refractivity contribution in [2.45, 2.75) is 32.8 Å². The molecule has 6 heteroatoms. The summed E-state index contributed by atoms with van der Waals surface area (Å²) in [5.41, 5.74) is 4.91. The van der Waals surface area contributed by atoms with Crippen LogP contribution in [0.25, 0.3) is 0 Å². The Hall–Kier alpha value is -0.690. The van der Waals surface area contributed by atoms with Crippen molar-refractivity contribution in [2.75, 3.05) is 39.5 Å². The highest BCUT2D eigenvalue weighted by molar-refractivity contribution is 5.74. The molecular weight excluding hydrogens is 248 g/mol. The Morgan fingerprint density at radius 2 is 2.05 bits per heavy atom. The molecule has 0 spiro atoms. The zero-order valence-electron chi connectivity index (χ0n) is 12.1. The lowest BCUT2D eigenvalue weighted by Gasteiger charge is -2.12. The van der Waals surface area contributed by atoms with Crippen molar-refractivity contribution in [2.24, 2.45) is 11.7 Å². The zero-order valence-corrected chi connectivity index (χ0v) is 12.1. The van der Waals surface area contributed by atoms with Crippen molar-refractivity contribution in [3.05, 3.63) is 0 Å². The van der Waals surface area contributed by atoms with E-state index in [9.17, 15) is 9.90 Å². The highest BCUT2D eigenvalue weighted by Gasteiger charge is 2.03. The van der Waals surface area contributed by atoms with Gasteiger partial charge in [0.15, 0.2) is 0 Å². The second-order valence-electron chi connectivity index (χ2n) is 4.99. The molecular formula is C13H28N2O4. The third-order valence-corrected chi connectivity index (χ3v) is 2.43. The van der Waals surface area contributed by atoms with Gasteiger partial charge in [-0.15, -0.1) is 0 Å². The van der Waals surface area contributed by atoms with E-state index in [0.29, 0.717) is 38.8 Å². The predicted octanol–water partition coefficient (Wildman–Crippen LogP) is -0.108. The van der Waals surface area contributed by atoms with E-state index in [1.54, 1.807) is 0 Å². The topological polar surface area (TPSA) is 93.8 Å². The molecule has 0 saturated carbocycles. The van der Waals surface area contributed by atoms with Gasteiger partial charge in [0.2, 0.25) is 5.91 Å². The molecule has 0 rings (SSSR count). The van der Waals surface area contributed by atoms with E-state index in [0.717, 1.165) is 12.8 Å². The Bertz CT molecular complexity index is 225. The maximum atomic E-state index is 10.4. The molecule has 0 heterocycles. The van der Waals surface area contributed by atoms with Crippen molar-refractivity contribution >= 4 is 5.91 Å². The fraction of sp³-hybridized carbons (Fsp3) is 0.923. The first-order valence-electron chi connectivity index (χ1n) is 6.85. The van der Waals surface area contributed by atoms with Crippen LogP contribution in [0.2, 0.25) is 0 Å². The maximum absolute atomic E-state index is 10.4. The summed E-state index contributed by atoms with van der Waals surface area (Å²) >= 11 is 0. The minimum atomic E-state index is -0.518. The van der Waals surface area contributed by atoms with Gasteiger partial charge < -0.3 is 25.6 Å². The summed E-state index contributed by atoms with van der Waals surface area (Å²) in [5, 5.41) is 12.6. The Morgan fingerprint density at radius 3 is 2.68 bits per heavy atom. The van der Waals surface area contributed by atoms with E-state index in [-0.39, 0.29) is 6.61 Å². The second-order valence-corrected chi connectivity index (χ2v) is 4.99. The number of carbonyl (C=O) groups excluding carboxylic acids is 1. The Balaban J connectivity index is 3.21. The van der Waals surface area contributed by atoms with E-state index < -0.39 is 12.0 Å². The lowest BCUT2D eigenvalue weighted by atomic mass is 10.1. The second kappa shape index (κ2) is 12.3. The standard InChI is InChI=1S/C13H28N2O4/c1-11(2)4-3-6-18-9-12(16)8-15-5-7-19-10-13(14)17/h11-12,15-16H,3-10H2,1-2H3,(H2,14,17). The van der Waals surface area contributed by atoms with Gasteiger partial charge in [0.05, 0.1) is 19.3 Å². The quantitative estimate of drug-likeness (QED) is 0.408. The summed E-state index contributed by atoms with van der Waals surface area (Å²) in [6, 6.07) is 0. The molecule has 0 aliphatic carbocycles. The van der Waals surface area contributed by atoms with Crippen molar-refractivity contribution in [1.29, 1.82) is 0 Å². The molecule has 0 saturated heterocycles. The molecule has 0 aromatic heterocycles. The van der Waals surface area contributed by atoms with Gasteiger partial charge in [-0.3, -0.25) is 4.79 Å². The fourth-order valence-corrected chi connectivity index (χ4v) is 1.46. The number of amides is 1. The molecule has 0 bridgehead atoms. The summed E-state index contributed by atoms with van der Waals surface area (Å²) in [7, 11) is 0. The van der Waals surface area contributed by atoms with Gasteiger partial charge in [0.25, 0.3) is 0 Å². The average molecular weight is 276 g/mol. The fourth-order valence-electron chi connectivity index (χ4n) is 1.46. The number of ether oxygens (including phenoxy) is 2. The van der Waals surface area contributed by atoms with Crippen molar-refractivity contribution in [3.8, 4) is 0 Å². The third kappa shape index (κ3) is 15.3. The van der Waals surface area contributed by atoms with Gasteiger partial charge in [-0.05, 0) is 18.8 Å². The number of carbonyl (C=O) groups is 1. The number of hydrogen-bond donors (Lipinski definition) is 3. The molecule has 1 unspecified atom stereocenters. The van der Waals surface area contributed by atoms with Gasteiger partial charge in [-0.1, -0.05) is 13.8 Å². The number of nitrogens with two attached hydrogens (primary N) is 1. The minimum absolute atomic E-state index is 0.0663. The van der Waals surface area contributed by atoms with E-state index >= 15 is 0 Å². The lowest BCUT2D eigenvalue weighted by molar-refractivity contribution is -0.122. The van der Waals surface area contributed by atoms with Crippen LogP contribution >= 0.6 is 0 Å². The number of aliphatic hydroxyl groups is 1. The normalized spacial score (nSPS) is 12.8. The van der Waals surface area contributed by atoms with Crippen LogP contribution in [-0.2, 0) is 14.3 Å². The number of primary amides is 1. The lowest BCUT2D eigenvalue weighted by Crippen LogP contribution is -2.33. The minimum Gasteiger partial charge on any atom is -0.389 e. The number of aliphatic hydroxyl groups excluding tert-OH is 1. The molecule has 6 nitrogen and oxygen atoms in total. The van der Waals surface area contributed by atoms with Gasteiger partial charge in [-0.2, -0.15) is 0 Å². The van der Waals surface area contributed by atoms with E-state index in [1.807, 2.05) is 0 Å². The van der Waals surface area contributed by atoms with Crippen LogP contribution in [-0.4, -0.2) is 56.6 Å². The zero-order chi connectivity index (χ0) is 14.5. The molecule has 0 fully saturated rings.